The van der Waals surface area contributed by atoms with Gasteiger partial charge >= 0.3 is 0 Å². The standard InChI is InChI=1S/C16H19N7O2/c17-9-13(16-19-21-22-20-16)10-18-14-3-1-12(2-4-14)15(24)11-23-5-7-25-8-6-23/h1-4,10,15,18,24H,5-8,11H2,(H,19,20,21,22). The summed E-state index contributed by atoms with van der Waals surface area (Å²) in [5.74, 6) is 0.229. The summed E-state index contributed by atoms with van der Waals surface area (Å²) >= 11 is 0. The van der Waals surface area contributed by atoms with Crippen LogP contribution in [-0.4, -0.2) is 63.5 Å². The Morgan fingerprint density at radius 1 is 1.40 bits per heavy atom. The predicted octanol–water partition coefficient (Wildman–Crippen LogP) is 0.542. The Morgan fingerprint density at radius 2 is 2.16 bits per heavy atom. The molecular formula is C16H19N7O2. The first-order chi connectivity index (χ1) is 12.3. The van der Waals surface area contributed by atoms with Crippen molar-refractivity contribution in [3.8, 4) is 6.07 Å². The van der Waals surface area contributed by atoms with Gasteiger partial charge in [0.05, 0.1) is 19.3 Å². The number of benzene rings is 1. The maximum Gasteiger partial charge on any atom is 0.216 e. The minimum atomic E-state index is -0.545. The molecule has 1 aromatic carbocycles. The SMILES string of the molecule is N#CC(=CNc1ccc(C(O)CN2CCOCC2)cc1)c1nn[nH]n1. The number of hydrogen-bond donors (Lipinski definition) is 3. The molecule has 2 heterocycles. The Balaban J connectivity index is 1.59. The summed E-state index contributed by atoms with van der Waals surface area (Å²) in [6.07, 6.45) is 0.973. The van der Waals surface area contributed by atoms with E-state index >= 15 is 0 Å². The highest BCUT2D eigenvalue weighted by molar-refractivity contribution is 5.73. The fourth-order valence-corrected chi connectivity index (χ4v) is 2.51. The van der Waals surface area contributed by atoms with Gasteiger partial charge in [-0.2, -0.15) is 10.5 Å². The third-order valence-electron chi connectivity index (χ3n) is 3.92. The van der Waals surface area contributed by atoms with Crippen LogP contribution in [0.2, 0.25) is 0 Å². The van der Waals surface area contributed by atoms with Crippen LogP contribution in [0.25, 0.3) is 5.57 Å². The lowest BCUT2D eigenvalue weighted by atomic mass is 10.1. The van der Waals surface area contributed by atoms with E-state index in [1.165, 1.54) is 6.20 Å². The molecule has 0 spiro atoms. The van der Waals surface area contributed by atoms with Crippen LogP contribution in [-0.2, 0) is 4.74 Å². The van der Waals surface area contributed by atoms with Gasteiger partial charge in [-0.15, -0.1) is 10.2 Å². The number of nitriles is 1. The Hall–Kier alpha value is -2.80. The van der Waals surface area contributed by atoms with Crippen LogP contribution in [0.4, 0.5) is 5.69 Å². The van der Waals surface area contributed by atoms with Crippen LogP contribution in [0.3, 0.4) is 0 Å². The second kappa shape index (κ2) is 8.34. The molecule has 1 aliphatic rings. The number of morpholine rings is 1. The molecule has 0 bridgehead atoms. The highest BCUT2D eigenvalue weighted by atomic mass is 16.5. The number of aliphatic hydroxyl groups excluding tert-OH is 1. The number of rotatable bonds is 6. The van der Waals surface area contributed by atoms with Gasteiger partial charge in [-0.25, -0.2) is 0 Å². The Labute approximate surface area is 144 Å². The first-order valence-electron chi connectivity index (χ1n) is 7.95. The van der Waals surface area contributed by atoms with Crippen molar-refractivity contribution in [1.29, 1.82) is 5.26 Å². The lowest BCUT2D eigenvalue weighted by Gasteiger charge is -2.28. The molecule has 0 radical (unpaired) electrons. The molecule has 3 rings (SSSR count). The van der Waals surface area contributed by atoms with Crippen molar-refractivity contribution in [3.63, 3.8) is 0 Å². The van der Waals surface area contributed by atoms with E-state index in [4.69, 9.17) is 10.00 Å². The van der Waals surface area contributed by atoms with Crippen LogP contribution in [0.5, 0.6) is 0 Å². The Morgan fingerprint density at radius 3 is 2.80 bits per heavy atom. The number of tetrazole rings is 1. The molecule has 130 valence electrons. The van der Waals surface area contributed by atoms with Crippen molar-refractivity contribution in [1.82, 2.24) is 25.5 Å². The number of ether oxygens (including phenoxy) is 1. The molecule has 1 fully saturated rings. The topological polar surface area (TPSA) is 123 Å². The number of aromatic amines is 1. The first kappa shape index (κ1) is 17.0. The third-order valence-corrected chi connectivity index (χ3v) is 3.92. The second-order valence-corrected chi connectivity index (χ2v) is 5.60. The number of aromatic nitrogens is 4. The van der Waals surface area contributed by atoms with Crippen LogP contribution in [0, 0.1) is 11.3 Å². The number of allylic oxidation sites excluding steroid dienone is 1. The van der Waals surface area contributed by atoms with E-state index in [2.05, 4.69) is 30.8 Å². The molecule has 1 saturated heterocycles. The van der Waals surface area contributed by atoms with E-state index in [1.54, 1.807) is 0 Å². The summed E-state index contributed by atoms with van der Waals surface area (Å²) in [7, 11) is 0. The van der Waals surface area contributed by atoms with Gasteiger partial charge in [0.15, 0.2) is 0 Å². The van der Waals surface area contributed by atoms with Crippen LogP contribution >= 0.6 is 0 Å². The van der Waals surface area contributed by atoms with Gasteiger partial charge in [-0.3, -0.25) is 4.90 Å². The lowest BCUT2D eigenvalue weighted by Crippen LogP contribution is -2.38. The molecule has 3 N–H and O–H groups in total. The molecule has 9 heteroatoms. The van der Waals surface area contributed by atoms with E-state index in [0.717, 1.165) is 24.3 Å². The van der Waals surface area contributed by atoms with Crippen molar-refractivity contribution in [2.24, 2.45) is 0 Å². The third kappa shape index (κ3) is 4.60. The zero-order chi connectivity index (χ0) is 17.5. The smallest absolute Gasteiger partial charge is 0.216 e. The number of hydrogen-bond acceptors (Lipinski definition) is 8. The second-order valence-electron chi connectivity index (χ2n) is 5.60. The summed E-state index contributed by atoms with van der Waals surface area (Å²) in [5, 5.41) is 35.8. The molecule has 1 aromatic heterocycles. The molecule has 2 aromatic rings. The molecule has 1 unspecified atom stereocenters. The van der Waals surface area contributed by atoms with Gasteiger partial charge in [0.25, 0.3) is 0 Å². The molecule has 0 aliphatic carbocycles. The molecule has 0 saturated carbocycles. The molecular weight excluding hydrogens is 322 g/mol. The number of nitrogens with zero attached hydrogens (tertiary/aromatic N) is 5. The maximum atomic E-state index is 10.4. The molecule has 9 nitrogen and oxygen atoms in total. The van der Waals surface area contributed by atoms with Crippen molar-refractivity contribution < 1.29 is 9.84 Å². The molecule has 1 atom stereocenters. The monoisotopic (exact) mass is 341 g/mol. The van der Waals surface area contributed by atoms with Gasteiger partial charge in [0.1, 0.15) is 11.6 Å². The van der Waals surface area contributed by atoms with Gasteiger partial charge in [0, 0.05) is 31.5 Å². The van der Waals surface area contributed by atoms with Crippen LogP contribution in [0.15, 0.2) is 30.5 Å². The summed E-state index contributed by atoms with van der Waals surface area (Å²) in [6.45, 7) is 3.70. The van der Waals surface area contributed by atoms with Crippen molar-refractivity contribution >= 4 is 11.3 Å². The fraction of sp³-hybridized carbons (Fsp3) is 0.375. The zero-order valence-corrected chi connectivity index (χ0v) is 13.6. The average molecular weight is 341 g/mol. The number of H-pyrrole nitrogens is 1. The molecule has 1 aliphatic heterocycles. The summed E-state index contributed by atoms with van der Waals surface area (Å²) < 4.78 is 5.31. The quantitative estimate of drug-likeness (QED) is 0.651. The number of anilines is 1. The largest absolute Gasteiger partial charge is 0.387 e. The summed E-state index contributed by atoms with van der Waals surface area (Å²) in [5.41, 5.74) is 1.91. The van der Waals surface area contributed by atoms with Gasteiger partial charge < -0.3 is 15.2 Å². The van der Waals surface area contributed by atoms with E-state index in [9.17, 15) is 5.11 Å². The zero-order valence-electron chi connectivity index (χ0n) is 13.6. The highest BCUT2D eigenvalue weighted by Gasteiger charge is 2.16. The minimum absolute atomic E-state index is 0.229. The van der Waals surface area contributed by atoms with Crippen molar-refractivity contribution in [3.05, 3.63) is 41.9 Å². The molecule has 0 amide bonds. The highest BCUT2D eigenvalue weighted by Crippen LogP contribution is 2.18. The van der Waals surface area contributed by atoms with E-state index in [1.807, 2.05) is 30.3 Å². The number of β-amino-alcohol motifs (C(OH)–C–C–N with tert-alkyl or cyclic N) is 1. The Kier molecular flexibility index (Phi) is 5.69. The van der Waals surface area contributed by atoms with Gasteiger partial charge in [-0.05, 0) is 22.9 Å². The normalized spacial score (nSPS) is 17.0. The predicted molar refractivity (Wildman–Crippen MR) is 90.1 cm³/mol. The van der Waals surface area contributed by atoms with E-state index in [-0.39, 0.29) is 11.4 Å². The van der Waals surface area contributed by atoms with Crippen molar-refractivity contribution in [2.75, 3.05) is 38.2 Å². The van der Waals surface area contributed by atoms with Crippen molar-refractivity contribution in [2.45, 2.75) is 6.10 Å². The van der Waals surface area contributed by atoms with E-state index < -0.39 is 6.10 Å². The summed E-state index contributed by atoms with van der Waals surface area (Å²) in [6, 6.07) is 9.43. The van der Waals surface area contributed by atoms with Crippen LogP contribution in [0.1, 0.15) is 17.5 Å². The number of aliphatic hydroxyl groups is 1. The lowest BCUT2D eigenvalue weighted by molar-refractivity contribution is 0.0143. The van der Waals surface area contributed by atoms with Gasteiger partial charge in [-0.1, -0.05) is 12.1 Å². The van der Waals surface area contributed by atoms with Gasteiger partial charge in [0.2, 0.25) is 5.82 Å². The first-order valence-corrected chi connectivity index (χ1v) is 7.95. The minimum Gasteiger partial charge on any atom is -0.387 e. The van der Waals surface area contributed by atoms with E-state index in [0.29, 0.717) is 19.8 Å². The molecule has 25 heavy (non-hydrogen) atoms. The number of nitrogens with one attached hydrogen (secondary N) is 2. The maximum absolute atomic E-state index is 10.4. The fourth-order valence-electron chi connectivity index (χ4n) is 2.51. The Bertz CT molecular complexity index is 731. The summed E-state index contributed by atoms with van der Waals surface area (Å²) in [4.78, 5) is 2.19. The van der Waals surface area contributed by atoms with Crippen LogP contribution < -0.4 is 5.32 Å². The average Bonchev–Trinajstić information content (AvgIpc) is 3.18.